The van der Waals surface area contributed by atoms with Crippen molar-refractivity contribution in [2.45, 2.75) is 19.8 Å². The fraction of sp³-hybridized carbons (Fsp3) is 0.136. The maximum atomic E-state index is 15.1. The van der Waals surface area contributed by atoms with Gasteiger partial charge in [0.2, 0.25) is 0 Å². The van der Waals surface area contributed by atoms with E-state index >= 15 is 4.39 Å². The number of halogens is 2. The van der Waals surface area contributed by atoms with Crippen LogP contribution in [0.1, 0.15) is 29.2 Å². The SMILES string of the molecule is CCc1ccc2c(c1)Cc1c-2cc(F)c(-c2ccc(C#N)cc2)c1F. The van der Waals surface area contributed by atoms with E-state index in [0.29, 0.717) is 28.7 Å². The van der Waals surface area contributed by atoms with Crippen molar-refractivity contribution in [2.24, 2.45) is 0 Å². The van der Waals surface area contributed by atoms with E-state index in [0.717, 1.165) is 17.5 Å². The minimum atomic E-state index is -0.576. The summed E-state index contributed by atoms with van der Waals surface area (Å²) in [5.41, 5.74) is 5.23. The Morgan fingerprint density at radius 1 is 1.00 bits per heavy atom. The third-order valence-electron chi connectivity index (χ3n) is 4.86. The van der Waals surface area contributed by atoms with E-state index in [4.69, 9.17) is 5.26 Å². The van der Waals surface area contributed by atoms with Gasteiger partial charge in [0.1, 0.15) is 11.6 Å². The minimum Gasteiger partial charge on any atom is -0.206 e. The zero-order valence-electron chi connectivity index (χ0n) is 13.7. The molecular weight excluding hydrogens is 316 g/mol. The molecule has 0 atom stereocenters. The molecule has 4 rings (SSSR count). The molecular formula is C22H15F2N. The Balaban J connectivity index is 1.86. The van der Waals surface area contributed by atoms with Crippen molar-refractivity contribution in [2.75, 3.05) is 0 Å². The summed E-state index contributed by atoms with van der Waals surface area (Å²) in [6.07, 6.45) is 1.39. The van der Waals surface area contributed by atoms with Crippen LogP contribution in [0.25, 0.3) is 22.3 Å². The van der Waals surface area contributed by atoms with E-state index in [1.807, 2.05) is 18.2 Å². The maximum Gasteiger partial charge on any atom is 0.138 e. The molecule has 0 radical (unpaired) electrons. The standard InChI is InChI=1S/C22H15F2N/c1-2-13-5-8-17-16(9-13)10-19-18(17)11-20(23)21(22(19)24)15-6-3-14(12-25)4-7-15/h3-9,11H,2,10H2,1H3. The number of nitrogens with zero attached hydrogens (tertiary/aromatic N) is 1. The van der Waals surface area contributed by atoms with Gasteiger partial charge in [-0.25, -0.2) is 8.78 Å². The molecule has 0 fully saturated rings. The molecule has 1 aliphatic rings. The van der Waals surface area contributed by atoms with Crippen LogP contribution >= 0.6 is 0 Å². The zero-order valence-corrected chi connectivity index (χ0v) is 13.7. The van der Waals surface area contributed by atoms with E-state index in [1.54, 1.807) is 24.3 Å². The summed E-state index contributed by atoms with van der Waals surface area (Å²) < 4.78 is 29.9. The molecule has 0 heterocycles. The zero-order chi connectivity index (χ0) is 17.6. The van der Waals surface area contributed by atoms with Crippen LogP contribution in [0.4, 0.5) is 8.78 Å². The normalized spacial score (nSPS) is 11.8. The highest BCUT2D eigenvalue weighted by atomic mass is 19.1. The first kappa shape index (κ1) is 15.5. The predicted octanol–water partition coefficient (Wildman–Crippen LogP) is 5.64. The second-order valence-corrected chi connectivity index (χ2v) is 6.28. The van der Waals surface area contributed by atoms with Gasteiger partial charge in [-0.3, -0.25) is 0 Å². The topological polar surface area (TPSA) is 23.8 Å². The lowest BCUT2D eigenvalue weighted by molar-refractivity contribution is 0.583. The second kappa shape index (κ2) is 5.82. The lowest BCUT2D eigenvalue weighted by Crippen LogP contribution is -1.97. The van der Waals surface area contributed by atoms with Gasteiger partial charge in [0.05, 0.1) is 17.2 Å². The number of aryl methyl sites for hydroxylation is 1. The average molecular weight is 331 g/mol. The van der Waals surface area contributed by atoms with Crippen molar-refractivity contribution in [3.8, 4) is 28.3 Å². The Kier molecular flexibility index (Phi) is 3.62. The van der Waals surface area contributed by atoms with E-state index in [1.165, 1.54) is 11.6 Å². The molecule has 3 aromatic rings. The van der Waals surface area contributed by atoms with Crippen LogP contribution in [0.3, 0.4) is 0 Å². The van der Waals surface area contributed by atoms with Gasteiger partial charge in [-0.05, 0) is 52.4 Å². The Bertz CT molecular complexity index is 1030. The Morgan fingerprint density at radius 3 is 2.44 bits per heavy atom. The molecule has 0 aromatic heterocycles. The molecule has 0 spiro atoms. The first-order valence-electron chi connectivity index (χ1n) is 8.26. The summed E-state index contributed by atoms with van der Waals surface area (Å²) in [6, 6.07) is 15.8. The molecule has 1 aliphatic carbocycles. The summed E-state index contributed by atoms with van der Waals surface area (Å²) >= 11 is 0. The quantitative estimate of drug-likeness (QED) is 0.466. The van der Waals surface area contributed by atoms with E-state index < -0.39 is 11.6 Å². The van der Waals surface area contributed by atoms with Gasteiger partial charge in [0.15, 0.2) is 0 Å². The lowest BCUT2D eigenvalue weighted by Gasteiger charge is -2.10. The van der Waals surface area contributed by atoms with Gasteiger partial charge < -0.3 is 0 Å². The fourth-order valence-corrected chi connectivity index (χ4v) is 3.52. The molecule has 0 amide bonds. The van der Waals surface area contributed by atoms with Crippen LogP contribution in [0.2, 0.25) is 0 Å². The second-order valence-electron chi connectivity index (χ2n) is 6.28. The summed E-state index contributed by atoms with van der Waals surface area (Å²) in [5, 5.41) is 8.88. The summed E-state index contributed by atoms with van der Waals surface area (Å²) in [5.74, 6) is -1.08. The number of hydrogen-bond acceptors (Lipinski definition) is 1. The molecule has 3 heteroatoms. The van der Waals surface area contributed by atoms with Crippen molar-refractivity contribution in [3.63, 3.8) is 0 Å². The monoisotopic (exact) mass is 331 g/mol. The number of fused-ring (bicyclic) bond motifs is 3. The molecule has 1 nitrogen and oxygen atoms in total. The number of hydrogen-bond donors (Lipinski definition) is 0. The highest BCUT2D eigenvalue weighted by molar-refractivity contribution is 5.81. The Hall–Kier alpha value is -2.99. The number of benzene rings is 3. The first-order chi connectivity index (χ1) is 12.1. The molecule has 0 saturated carbocycles. The molecule has 122 valence electrons. The highest BCUT2D eigenvalue weighted by Gasteiger charge is 2.26. The predicted molar refractivity (Wildman–Crippen MR) is 94.1 cm³/mol. The Morgan fingerprint density at radius 2 is 1.76 bits per heavy atom. The minimum absolute atomic E-state index is 0.0215. The fourth-order valence-electron chi connectivity index (χ4n) is 3.52. The van der Waals surface area contributed by atoms with Crippen molar-refractivity contribution >= 4 is 0 Å². The maximum absolute atomic E-state index is 15.1. The van der Waals surface area contributed by atoms with Gasteiger partial charge in [-0.15, -0.1) is 0 Å². The van der Waals surface area contributed by atoms with Crippen molar-refractivity contribution in [1.82, 2.24) is 0 Å². The number of rotatable bonds is 2. The summed E-state index contributed by atoms with van der Waals surface area (Å²) in [7, 11) is 0. The highest BCUT2D eigenvalue weighted by Crippen LogP contribution is 2.42. The summed E-state index contributed by atoms with van der Waals surface area (Å²) in [4.78, 5) is 0. The number of nitriles is 1. The van der Waals surface area contributed by atoms with Crippen molar-refractivity contribution in [1.29, 1.82) is 5.26 Å². The van der Waals surface area contributed by atoms with Crippen LogP contribution in [0, 0.1) is 23.0 Å². The van der Waals surface area contributed by atoms with Crippen LogP contribution in [0.15, 0.2) is 48.5 Å². The molecule has 3 aromatic carbocycles. The molecule has 0 aliphatic heterocycles. The van der Waals surface area contributed by atoms with Gasteiger partial charge in [-0.1, -0.05) is 37.3 Å². The molecule has 0 saturated heterocycles. The molecule has 0 unspecified atom stereocenters. The first-order valence-corrected chi connectivity index (χ1v) is 8.26. The van der Waals surface area contributed by atoms with Gasteiger partial charge in [-0.2, -0.15) is 5.26 Å². The Labute approximate surface area is 145 Å². The van der Waals surface area contributed by atoms with Crippen LogP contribution in [0.5, 0.6) is 0 Å². The largest absolute Gasteiger partial charge is 0.206 e. The van der Waals surface area contributed by atoms with Crippen molar-refractivity contribution in [3.05, 3.63) is 82.4 Å². The third-order valence-corrected chi connectivity index (χ3v) is 4.86. The van der Waals surface area contributed by atoms with Gasteiger partial charge in [0.25, 0.3) is 0 Å². The van der Waals surface area contributed by atoms with Crippen LogP contribution < -0.4 is 0 Å². The third kappa shape index (κ3) is 2.42. The van der Waals surface area contributed by atoms with Crippen molar-refractivity contribution < 1.29 is 8.78 Å². The van der Waals surface area contributed by atoms with Crippen LogP contribution in [-0.4, -0.2) is 0 Å². The van der Waals surface area contributed by atoms with E-state index in [-0.39, 0.29) is 5.56 Å². The smallest absolute Gasteiger partial charge is 0.138 e. The average Bonchev–Trinajstić information content (AvgIpc) is 3.00. The molecule has 0 N–H and O–H groups in total. The van der Waals surface area contributed by atoms with Gasteiger partial charge >= 0.3 is 0 Å². The molecule has 25 heavy (non-hydrogen) atoms. The molecule has 0 bridgehead atoms. The lowest BCUT2D eigenvalue weighted by atomic mass is 9.96. The van der Waals surface area contributed by atoms with E-state index in [2.05, 4.69) is 13.0 Å². The summed E-state index contributed by atoms with van der Waals surface area (Å²) in [6.45, 7) is 2.08. The van der Waals surface area contributed by atoms with Crippen LogP contribution in [-0.2, 0) is 12.8 Å². The van der Waals surface area contributed by atoms with Gasteiger partial charge in [0, 0.05) is 12.0 Å². The van der Waals surface area contributed by atoms with E-state index in [9.17, 15) is 4.39 Å².